The first-order valence-electron chi connectivity index (χ1n) is 4.30. The van der Waals surface area contributed by atoms with Gasteiger partial charge in [0.15, 0.2) is 0 Å². The SMILES string of the molecule is CC(C)(NC(=O)C(=O)NN)C1CC1. The average Bonchev–Trinajstić information content (AvgIpc) is 2.84. The lowest BCUT2D eigenvalue weighted by Crippen LogP contribution is -2.52. The molecule has 0 saturated heterocycles. The first kappa shape index (κ1) is 9.98. The maximum Gasteiger partial charge on any atom is 0.323 e. The summed E-state index contributed by atoms with van der Waals surface area (Å²) in [6, 6.07) is 0. The van der Waals surface area contributed by atoms with Crippen molar-refractivity contribution in [2.24, 2.45) is 11.8 Å². The van der Waals surface area contributed by atoms with Crippen molar-refractivity contribution in [3.8, 4) is 0 Å². The second kappa shape index (κ2) is 3.33. The Morgan fingerprint density at radius 2 is 1.85 bits per heavy atom. The number of rotatable bonds is 2. The Balaban J connectivity index is 2.47. The van der Waals surface area contributed by atoms with E-state index in [1.807, 2.05) is 13.8 Å². The van der Waals surface area contributed by atoms with Gasteiger partial charge >= 0.3 is 11.8 Å². The van der Waals surface area contributed by atoms with E-state index in [4.69, 9.17) is 5.84 Å². The molecule has 0 radical (unpaired) electrons. The molecule has 0 atom stereocenters. The molecule has 1 saturated carbocycles. The van der Waals surface area contributed by atoms with E-state index in [2.05, 4.69) is 5.32 Å². The fraction of sp³-hybridized carbons (Fsp3) is 0.750. The first-order chi connectivity index (χ1) is 5.97. The summed E-state index contributed by atoms with van der Waals surface area (Å²) < 4.78 is 0. The standard InChI is InChI=1S/C8H15N3O2/c1-8(2,5-3-4-5)10-6(12)7(13)11-9/h5H,3-4,9H2,1-2H3,(H,10,12)(H,11,13). The maximum atomic E-state index is 11.1. The van der Waals surface area contributed by atoms with Gasteiger partial charge in [0.1, 0.15) is 0 Å². The summed E-state index contributed by atoms with van der Waals surface area (Å²) in [5, 5.41) is 2.64. The van der Waals surface area contributed by atoms with Crippen molar-refractivity contribution >= 4 is 11.8 Å². The predicted molar refractivity (Wildman–Crippen MR) is 47.3 cm³/mol. The largest absolute Gasteiger partial charge is 0.343 e. The summed E-state index contributed by atoms with van der Waals surface area (Å²) in [7, 11) is 0. The topological polar surface area (TPSA) is 84.2 Å². The van der Waals surface area contributed by atoms with E-state index in [9.17, 15) is 9.59 Å². The van der Waals surface area contributed by atoms with E-state index in [-0.39, 0.29) is 5.54 Å². The quantitative estimate of drug-likeness (QED) is 0.230. The van der Waals surface area contributed by atoms with Crippen LogP contribution in [0, 0.1) is 5.92 Å². The summed E-state index contributed by atoms with van der Waals surface area (Å²) in [5.41, 5.74) is 1.49. The highest BCUT2D eigenvalue weighted by Crippen LogP contribution is 2.39. The number of hydrogen-bond donors (Lipinski definition) is 3. The zero-order valence-electron chi connectivity index (χ0n) is 7.89. The van der Waals surface area contributed by atoms with Crippen molar-refractivity contribution in [1.29, 1.82) is 0 Å². The Labute approximate surface area is 77.0 Å². The van der Waals surface area contributed by atoms with Crippen LogP contribution < -0.4 is 16.6 Å². The van der Waals surface area contributed by atoms with Gasteiger partial charge in [-0.05, 0) is 32.6 Å². The van der Waals surface area contributed by atoms with Gasteiger partial charge in [-0.2, -0.15) is 0 Å². The molecule has 1 aliphatic carbocycles. The van der Waals surface area contributed by atoms with Crippen molar-refractivity contribution in [2.75, 3.05) is 0 Å². The maximum absolute atomic E-state index is 11.1. The molecule has 5 heteroatoms. The number of carbonyl (C=O) groups is 2. The average molecular weight is 185 g/mol. The molecule has 4 N–H and O–H groups in total. The zero-order chi connectivity index (χ0) is 10.1. The number of nitrogens with one attached hydrogen (secondary N) is 2. The van der Waals surface area contributed by atoms with E-state index in [0.717, 1.165) is 12.8 Å². The van der Waals surface area contributed by atoms with Gasteiger partial charge in [0.05, 0.1) is 0 Å². The van der Waals surface area contributed by atoms with Crippen LogP contribution in [0.25, 0.3) is 0 Å². The minimum Gasteiger partial charge on any atom is -0.343 e. The molecule has 1 aliphatic rings. The van der Waals surface area contributed by atoms with Crippen LogP contribution in [0.4, 0.5) is 0 Å². The van der Waals surface area contributed by atoms with Crippen molar-refractivity contribution in [2.45, 2.75) is 32.2 Å². The molecule has 2 amide bonds. The molecule has 0 bridgehead atoms. The Morgan fingerprint density at radius 1 is 1.31 bits per heavy atom. The van der Waals surface area contributed by atoms with Crippen molar-refractivity contribution < 1.29 is 9.59 Å². The fourth-order valence-corrected chi connectivity index (χ4v) is 1.32. The van der Waals surface area contributed by atoms with Crippen LogP contribution in [0.15, 0.2) is 0 Å². The zero-order valence-corrected chi connectivity index (χ0v) is 7.89. The summed E-state index contributed by atoms with van der Waals surface area (Å²) in [6.45, 7) is 3.82. The van der Waals surface area contributed by atoms with Crippen LogP contribution in [0.3, 0.4) is 0 Å². The number of carbonyl (C=O) groups excluding carboxylic acids is 2. The Morgan fingerprint density at radius 3 is 2.23 bits per heavy atom. The molecule has 74 valence electrons. The highest BCUT2D eigenvalue weighted by Gasteiger charge is 2.39. The van der Waals surface area contributed by atoms with E-state index in [1.165, 1.54) is 0 Å². The molecule has 0 unspecified atom stereocenters. The number of hydrogen-bond acceptors (Lipinski definition) is 3. The normalized spacial score (nSPS) is 16.5. The van der Waals surface area contributed by atoms with Gasteiger partial charge in [-0.25, -0.2) is 5.84 Å². The molecule has 0 aromatic heterocycles. The first-order valence-corrected chi connectivity index (χ1v) is 4.30. The second-order valence-electron chi connectivity index (χ2n) is 3.92. The van der Waals surface area contributed by atoms with Crippen molar-refractivity contribution in [3.05, 3.63) is 0 Å². The molecular formula is C8H15N3O2. The molecule has 0 aromatic rings. The van der Waals surface area contributed by atoms with Crippen LogP contribution in [0.1, 0.15) is 26.7 Å². The molecule has 1 fully saturated rings. The molecule has 13 heavy (non-hydrogen) atoms. The third-order valence-corrected chi connectivity index (χ3v) is 2.37. The highest BCUT2D eigenvalue weighted by atomic mass is 16.2. The lowest BCUT2D eigenvalue weighted by molar-refractivity contribution is -0.140. The molecule has 0 heterocycles. The number of nitrogens with two attached hydrogens (primary N) is 1. The van der Waals surface area contributed by atoms with Crippen LogP contribution in [-0.2, 0) is 9.59 Å². The Kier molecular flexibility index (Phi) is 2.56. The van der Waals surface area contributed by atoms with Crippen LogP contribution >= 0.6 is 0 Å². The monoisotopic (exact) mass is 185 g/mol. The molecule has 0 spiro atoms. The fourth-order valence-electron chi connectivity index (χ4n) is 1.32. The van der Waals surface area contributed by atoms with Crippen LogP contribution in [0.2, 0.25) is 0 Å². The van der Waals surface area contributed by atoms with E-state index in [1.54, 1.807) is 5.43 Å². The lowest BCUT2D eigenvalue weighted by atomic mass is 9.99. The van der Waals surface area contributed by atoms with E-state index < -0.39 is 11.8 Å². The lowest BCUT2D eigenvalue weighted by Gasteiger charge is -2.25. The molecular weight excluding hydrogens is 170 g/mol. The summed E-state index contributed by atoms with van der Waals surface area (Å²) in [4.78, 5) is 21.9. The minimum absolute atomic E-state index is 0.302. The third kappa shape index (κ3) is 2.42. The Bertz CT molecular complexity index is 234. The van der Waals surface area contributed by atoms with Gasteiger partial charge in [-0.1, -0.05) is 0 Å². The number of hydrazine groups is 1. The highest BCUT2D eigenvalue weighted by molar-refractivity contribution is 6.35. The molecule has 0 aromatic carbocycles. The second-order valence-corrected chi connectivity index (χ2v) is 3.92. The van der Waals surface area contributed by atoms with Gasteiger partial charge in [0.25, 0.3) is 0 Å². The predicted octanol–water partition coefficient (Wildman–Crippen LogP) is -0.719. The van der Waals surface area contributed by atoms with E-state index >= 15 is 0 Å². The van der Waals surface area contributed by atoms with Crippen molar-refractivity contribution in [1.82, 2.24) is 10.7 Å². The summed E-state index contributed by atoms with van der Waals surface area (Å²) >= 11 is 0. The van der Waals surface area contributed by atoms with Gasteiger partial charge in [-0.15, -0.1) is 0 Å². The summed E-state index contributed by atoms with van der Waals surface area (Å²) in [5.74, 6) is 3.85. The minimum atomic E-state index is -0.797. The molecule has 0 aliphatic heterocycles. The smallest absolute Gasteiger partial charge is 0.323 e. The van der Waals surface area contributed by atoms with Crippen LogP contribution in [-0.4, -0.2) is 17.4 Å². The third-order valence-electron chi connectivity index (χ3n) is 2.37. The van der Waals surface area contributed by atoms with Gasteiger partial charge in [-0.3, -0.25) is 15.0 Å². The van der Waals surface area contributed by atoms with Crippen molar-refractivity contribution in [3.63, 3.8) is 0 Å². The summed E-state index contributed by atoms with van der Waals surface area (Å²) in [6.07, 6.45) is 2.22. The Hall–Kier alpha value is -1.10. The number of amides is 2. The molecule has 5 nitrogen and oxygen atoms in total. The van der Waals surface area contributed by atoms with Crippen LogP contribution in [0.5, 0.6) is 0 Å². The van der Waals surface area contributed by atoms with Gasteiger partial charge in [0, 0.05) is 5.54 Å². The van der Waals surface area contributed by atoms with E-state index in [0.29, 0.717) is 5.92 Å². The molecule has 1 rings (SSSR count). The van der Waals surface area contributed by atoms with Gasteiger partial charge in [0.2, 0.25) is 0 Å². The van der Waals surface area contributed by atoms with Gasteiger partial charge < -0.3 is 5.32 Å².